The van der Waals surface area contributed by atoms with Gasteiger partial charge in [0, 0.05) is 12.0 Å². The Bertz CT molecular complexity index is 988. The minimum absolute atomic E-state index is 0.00389. The molecule has 1 aromatic heterocycles. The number of carbonyl (C=O) groups is 2. The Morgan fingerprint density at radius 3 is 2.50 bits per heavy atom. The summed E-state index contributed by atoms with van der Waals surface area (Å²) in [5, 5.41) is 29.2. The Morgan fingerprint density at radius 1 is 1.19 bits per heavy atom. The van der Waals surface area contributed by atoms with Crippen LogP contribution < -0.4 is 5.63 Å². The number of aromatic hydroxyl groups is 3. The molecule has 1 aliphatic rings. The van der Waals surface area contributed by atoms with E-state index in [1.54, 1.807) is 13.8 Å². The zero-order valence-corrected chi connectivity index (χ0v) is 14.0. The minimum atomic E-state index is -1.94. The van der Waals surface area contributed by atoms with Crippen molar-refractivity contribution in [2.75, 3.05) is 13.2 Å². The average molecular weight is 364 g/mol. The van der Waals surface area contributed by atoms with Crippen molar-refractivity contribution in [2.24, 2.45) is 0 Å². The van der Waals surface area contributed by atoms with Gasteiger partial charge in [0.25, 0.3) is 0 Å². The standard InChI is InChI=1S/C17H16O9/c1-3-24-16(23)17(25-4-2)6-9(19)14-11(17)10-7(15(22)26-14)5-8(18)12(20)13(10)21/h5,18,20-21H,3-4,6H2,1-2H3/t17-/m1/s1. The monoisotopic (exact) mass is 364 g/mol. The quantitative estimate of drug-likeness (QED) is 0.540. The van der Waals surface area contributed by atoms with Gasteiger partial charge in [-0.25, -0.2) is 9.59 Å². The highest BCUT2D eigenvalue weighted by Gasteiger charge is 2.55. The summed E-state index contributed by atoms with van der Waals surface area (Å²) in [4.78, 5) is 37.2. The van der Waals surface area contributed by atoms with E-state index in [0.29, 0.717) is 0 Å². The van der Waals surface area contributed by atoms with E-state index in [0.717, 1.165) is 6.07 Å². The third-order valence-corrected chi connectivity index (χ3v) is 4.21. The number of ketones is 1. The molecule has 0 unspecified atom stereocenters. The molecule has 1 heterocycles. The highest BCUT2D eigenvalue weighted by atomic mass is 16.6. The van der Waals surface area contributed by atoms with E-state index in [1.165, 1.54) is 0 Å². The van der Waals surface area contributed by atoms with Gasteiger partial charge in [-0.2, -0.15) is 0 Å². The van der Waals surface area contributed by atoms with Gasteiger partial charge in [0.05, 0.1) is 24.0 Å². The maximum absolute atomic E-state index is 12.6. The number of carbonyl (C=O) groups excluding carboxylic acids is 2. The van der Waals surface area contributed by atoms with Gasteiger partial charge < -0.3 is 29.2 Å². The van der Waals surface area contributed by atoms with Crippen LogP contribution in [0.4, 0.5) is 0 Å². The molecule has 26 heavy (non-hydrogen) atoms. The number of phenolic OH excluding ortho intramolecular Hbond substituents is 3. The third-order valence-electron chi connectivity index (χ3n) is 4.21. The molecule has 3 N–H and O–H groups in total. The fourth-order valence-electron chi connectivity index (χ4n) is 3.20. The van der Waals surface area contributed by atoms with Crippen LogP contribution >= 0.6 is 0 Å². The summed E-state index contributed by atoms with van der Waals surface area (Å²) in [6.07, 6.45) is -0.488. The maximum Gasteiger partial charge on any atom is 0.344 e. The first-order valence-electron chi connectivity index (χ1n) is 7.88. The second-order valence-electron chi connectivity index (χ2n) is 5.69. The van der Waals surface area contributed by atoms with Crippen molar-refractivity contribution >= 4 is 22.5 Å². The zero-order chi connectivity index (χ0) is 19.2. The third kappa shape index (κ3) is 2.24. The molecular formula is C17H16O9. The minimum Gasteiger partial charge on any atom is -0.504 e. The lowest BCUT2D eigenvalue weighted by Crippen LogP contribution is -2.39. The topological polar surface area (TPSA) is 144 Å². The molecule has 9 heteroatoms. The van der Waals surface area contributed by atoms with Crippen molar-refractivity contribution < 1.29 is 38.8 Å². The van der Waals surface area contributed by atoms with Gasteiger partial charge in [-0.1, -0.05) is 0 Å². The van der Waals surface area contributed by atoms with Crippen LogP contribution in [0.15, 0.2) is 15.3 Å². The smallest absolute Gasteiger partial charge is 0.344 e. The number of rotatable bonds is 4. The number of hydrogen-bond acceptors (Lipinski definition) is 9. The summed E-state index contributed by atoms with van der Waals surface area (Å²) in [5.74, 6) is -4.57. The molecule has 1 aliphatic carbocycles. The molecule has 0 amide bonds. The number of hydrogen-bond donors (Lipinski definition) is 3. The summed E-state index contributed by atoms with van der Waals surface area (Å²) < 4.78 is 15.6. The average Bonchev–Trinajstić information content (AvgIpc) is 2.86. The Hall–Kier alpha value is -3.07. The Morgan fingerprint density at radius 2 is 1.88 bits per heavy atom. The lowest BCUT2D eigenvalue weighted by Gasteiger charge is -2.27. The van der Waals surface area contributed by atoms with Crippen LogP contribution in [0.25, 0.3) is 10.8 Å². The van der Waals surface area contributed by atoms with Gasteiger partial charge in [0.1, 0.15) is 0 Å². The van der Waals surface area contributed by atoms with Crippen LogP contribution in [0.5, 0.6) is 17.2 Å². The Balaban J connectivity index is 2.50. The van der Waals surface area contributed by atoms with E-state index in [9.17, 15) is 29.7 Å². The normalized spacial score (nSPS) is 18.9. The Kier molecular flexibility index (Phi) is 4.11. The molecule has 9 nitrogen and oxygen atoms in total. The Labute approximate surface area is 146 Å². The summed E-state index contributed by atoms with van der Waals surface area (Å²) in [6.45, 7) is 3.18. The molecule has 3 rings (SSSR count). The molecule has 0 bridgehead atoms. The fraction of sp³-hybridized carbons (Fsp3) is 0.353. The van der Waals surface area contributed by atoms with Crippen LogP contribution in [0.2, 0.25) is 0 Å². The van der Waals surface area contributed by atoms with Gasteiger partial charge in [-0.05, 0) is 19.9 Å². The number of fused-ring (bicyclic) bond motifs is 3. The number of Topliss-reactive ketones (excluding diaryl/α,β-unsaturated/α-hetero) is 1. The molecule has 0 aliphatic heterocycles. The van der Waals surface area contributed by atoms with Crippen molar-refractivity contribution in [3.8, 4) is 17.2 Å². The van der Waals surface area contributed by atoms with Gasteiger partial charge in [-0.3, -0.25) is 4.79 Å². The molecule has 0 spiro atoms. The summed E-state index contributed by atoms with van der Waals surface area (Å²) in [7, 11) is 0. The van der Waals surface area contributed by atoms with Crippen LogP contribution in [0.3, 0.4) is 0 Å². The van der Waals surface area contributed by atoms with Gasteiger partial charge >= 0.3 is 11.6 Å². The second-order valence-corrected chi connectivity index (χ2v) is 5.69. The summed E-state index contributed by atoms with van der Waals surface area (Å²) in [6, 6.07) is 0.876. The van der Waals surface area contributed by atoms with Crippen LogP contribution in [-0.4, -0.2) is 40.3 Å². The van der Waals surface area contributed by atoms with Gasteiger partial charge in [0.2, 0.25) is 17.1 Å². The SMILES string of the molecule is CCOC(=O)[C@@]1(OCC)CC(=O)c2oc(=O)c3cc(O)c(O)c(O)c3c21. The van der Waals surface area contributed by atoms with Gasteiger partial charge in [-0.15, -0.1) is 0 Å². The molecule has 2 aromatic rings. The zero-order valence-electron chi connectivity index (χ0n) is 14.0. The predicted octanol–water partition coefficient (Wildman–Crippen LogP) is 1.29. The highest BCUT2D eigenvalue weighted by molar-refractivity contribution is 6.11. The van der Waals surface area contributed by atoms with E-state index in [2.05, 4.69) is 0 Å². The maximum atomic E-state index is 12.6. The van der Waals surface area contributed by atoms with E-state index in [4.69, 9.17) is 13.9 Å². The van der Waals surface area contributed by atoms with Crippen LogP contribution in [0, 0.1) is 0 Å². The van der Waals surface area contributed by atoms with Crippen molar-refractivity contribution in [3.63, 3.8) is 0 Å². The number of benzene rings is 1. The number of ether oxygens (including phenoxy) is 2. The van der Waals surface area contributed by atoms with Crippen LogP contribution in [0.1, 0.15) is 36.4 Å². The van der Waals surface area contributed by atoms with E-state index < -0.39 is 52.4 Å². The lowest BCUT2D eigenvalue weighted by atomic mass is 9.91. The van der Waals surface area contributed by atoms with E-state index >= 15 is 0 Å². The highest BCUT2D eigenvalue weighted by Crippen LogP contribution is 2.50. The van der Waals surface area contributed by atoms with Crippen molar-refractivity contribution in [1.29, 1.82) is 0 Å². The fourth-order valence-corrected chi connectivity index (χ4v) is 3.20. The molecular weight excluding hydrogens is 348 g/mol. The first-order valence-corrected chi connectivity index (χ1v) is 7.88. The van der Waals surface area contributed by atoms with E-state index in [-0.39, 0.29) is 29.5 Å². The van der Waals surface area contributed by atoms with E-state index in [1.807, 2.05) is 0 Å². The molecule has 1 atom stereocenters. The summed E-state index contributed by atoms with van der Waals surface area (Å²) in [5.41, 5.74) is -3.16. The number of phenols is 3. The largest absolute Gasteiger partial charge is 0.504 e. The van der Waals surface area contributed by atoms with Crippen molar-refractivity contribution in [3.05, 3.63) is 27.8 Å². The molecule has 138 valence electrons. The van der Waals surface area contributed by atoms with Crippen molar-refractivity contribution in [2.45, 2.75) is 25.9 Å². The molecule has 1 aromatic carbocycles. The first kappa shape index (κ1) is 17.7. The lowest BCUT2D eigenvalue weighted by molar-refractivity contribution is -0.172. The second kappa shape index (κ2) is 6.03. The molecule has 0 fully saturated rings. The molecule has 0 radical (unpaired) electrons. The molecule has 0 saturated carbocycles. The number of esters is 1. The summed E-state index contributed by atoms with van der Waals surface area (Å²) >= 11 is 0. The van der Waals surface area contributed by atoms with Crippen LogP contribution in [-0.2, 0) is 19.9 Å². The van der Waals surface area contributed by atoms with Crippen molar-refractivity contribution in [1.82, 2.24) is 0 Å². The molecule has 0 saturated heterocycles. The predicted molar refractivity (Wildman–Crippen MR) is 86.4 cm³/mol. The van der Waals surface area contributed by atoms with Gasteiger partial charge in [0.15, 0.2) is 17.3 Å². The first-order chi connectivity index (χ1) is 12.3.